The van der Waals surface area contributed by atoms with E-state index in [1.54, 1.807) is 0 Å². The fraction of sp³-hybridized carbons (Fsp3) is 0.833. The Morgan fingerprint density at radius 1 is 1.29 bits per heavy atom. The van der Waals surface area contributed by atoms with Gasteiger partial charge in [0.15, 0.2) is 0 Å². The average molecular weight is 244 g/mol. The third kappa shape index (κ3) is 4.73. The highest BCUT2D eigenvalue weighted by atomic mass is 16.4. The Morgan fingerprint density at radius 2 is 1.82 bits per heavy atom. The highest BCUT2D eigenvalue weighted by Gasteiger charge is 2.29. The van der Waals surface area contributed by atoms with Crippen molar-refractivity contribution in [2.45, 2.75) is 40.2 Å². The summed E-state index contributed by atoms with van der Waals surface area (Å²) in [6.07, 6.45) is 0.701. The van der Waals surface area contributed by atoms with Gasteiger partial charge >= 0.3 is 5.97 Å². The fourth-order valence-corrected chi connectivity index (χ4v) is 1.63. The van der Waals surface area contributed by atoms with Crippen LogP contribution in [0.5, 0.6) is 0 Å². The van der Waals surface area contributed by atoms with E-state index in [1.807, 2.05) is 27.7 Å². The van der Waals surface area contributed by atoms with Crippen molar-refractivity contribution in [3.63, 3.8) is 0 Å². The van der Waals surface area contributed by atoms with E-state index in [-0.39, 0.29) is 30.2 Å². The number of amides is 1. The molecule has 2 unspecified atom stereocenters. The highest BCUT2D eigenvalue weighted by molar-refractivity contribution is 5.85. The molecule has 0 aliphatic heterocycles. The first-order chi connectivity index (χ1) is 7.84. The zero-order chi connectivity index (χ0) is 13.6. The molecule has 0 aromatic heterocycles. The van der Waals surface area contributed by atoms with Gasteiger partial charge in [-0.2, -0.15) is 0 Å². The van der Waals surface area contributed by atoms with Gasteiger partial charge in [0.05, 0.1) is 5.92 Å². The predicted octanol–water partition coefficient (Wildman–Crippen LogP) is 0.833. The maximum Gasteiger partial charge on any atom is 0.326 e. The Hall–Kier alpha value is -1.10. The monoisotopic (exact) mass is 244 g/mol. The quantitative estimate of drug-likeness (QED) is 0.618. The van der Waals surface area contributed by atoms with Gasteiger partial charge in [0.25, 0.3) is 0 Å². The van der Waals surface area contributed by atoms with E-state index in [1.165, 1.54) is 0 Å². The lowest BCUT2D eigenvalue weighted by molar-refractivity contribution is -0.144. The minimum absolute atomic E-state index is 0.0953. The molecule has 0 aromatic carbocycles. The first-order valence-corrected chi connectivity index (χ1v) is 6.08. The van der Waals surface area contributed by atoms with Gasteiger partial charge in [0, 0.05) is 6.54 Å². The second-order valence-electron chi connectivity index (χ2n) is 4.80. The molecule has 5 nitrogen and oxygen atoms in total. The van der Waals surface area contributed by atoms with Crippen LogP contribution in [0.2, 0.25) is 0 Å². The molecule has 5 heteroatoms. The van der Waals surface area contributed by atoms with Gasteiger partial charge in [-0.15, -0.1) is 0 Å². The number of rotatable bonds is 7. The summed E-state index contributed by atoms with van der Waals surface area (Å²) < 4.78 is 0. The first kappa shape index (κ1) is 15.9. The number of carbonyl (C=O) groups excluding carboxylic acids is 1. The van der Waals surface area contributed by atoms with Crippen LogP contribution in [0.1, 0.15) is 34.1 Å². The topological polar surface area (TPSA) is 92.4 Å². The summed E-state index contributed by atoms with van der Waals surface area (Å²) in [6, 6.07) is -0.833. The molecule has 0 heterocycles. The van der Waals surface area contributed by atoms with E-state index in [0.29, 0.717) is 6.42 Å². The summed E-state index contributed by atoms with van der Waals surface area (Å²) in [5, 5.41) is 11.7. The zero-order valence-electron chi connectivity index (χ0n) is 11.1. The van der Waals surface area contributed by atoms with Gasteiger partial charge in [-0.05, 0) is 11.8 Å². The van der Waals surface area contributed by atoms with Crippen molar-refractivity contribution >= 4 is 11.9 Å². The molecule has 3 atom stereocenters. The van der Waals surface area contributed by atoms with E-state index in [0.717, 1.165) is 0 Å². The van der Waals surface area contributed by atoms with Crippen LogP contribution >= 0.6 is 0 Å². The van der Waals surface area contributed by atoms with Crippen molar-refractivity contribution < 1.29 is 14.7 Å². The van der Waals surface area contributed by atoms with Crippen molar-refractivity contribution in [3.8, 4) is 0 Å². The number of carbonyl (C=O) groups is 2. The molecular formula is C12H24N2O3. The Morgan fingerprint density at radius 3 is 2.12 bits per heavy atom. The lowest BCUT2D eigenvalue weighted by Gasteiger charge is -2.24. The summed E-state index contributed by atoms with van der Waals surface area (Å²) in [5.41, 5.74) is 5.53. The summed E-state index contributed by atoms with van der Waals surface area (Å²) in [4.78, 5) is 23.0. The average Bonchev–Trinajstić information content (AvgIpc) is 2.24. The Labute approximate surface area is 103 Å². The van der Waals surface area contributed by atoms with Crippen LogP contribution in [0.4, 0.5) is 0 Å². The molecule has 1 amide bonds. The van der Waals surface area contributed by atoms with E-state index in [9.17, 15) is 9.59 Å². The number of nitrogens with one attached hydrogen (secondary N) is 1. The van der Waals surface area contributed by atoms with Crippen molar-refractivity contribution in [2.24, 2.45) is 23.5 Å². The van der Waals surface area contributed by atoms with Crippen LogP contribution in [-0.4, -0.2) is 29.6 Å². The highest BCUT2D eigenvalue weighted by Crippen LogP contribution is 2.12. The van der Waals surface area contributed by atoms with Gasteiger partial charge in [-0.25, -0.2) is 4.79 Å². The van der Waals surface area contributed by atoms with Crippen molar-refractivity contribution in [3.05, 3.63) is 0 Å². The SMILES string of the molecule is CCC(C)[C@H](NC(=O)C(CN)C(C)C)C(=O)O. The van der Waals surface area contributed by atoms with E-state index in [4.69, 9.17) is 10.8 Å². The third-order valence-corrected chi connectivity index (χ3v) is 3.17. The van der Waals surface area contributed by atoms with E-state index >= 15 is 0 Å². The number of carboxylic acids is 1. The van der Waals surface area contributed by atoms with Crippen molar-refractivity contribution in [1.29, 1.82) is 0 Å². The Bertz CT molecular complexity index is 266. The molecule has 17 heavy (non-hydrogen) atoms. The molecule has 0 saturated heterocycles. The first-order valence-electron chi connectivity index (χ1n) is 6.08. The second-order valence-corrected chi connectivity index (χ2v) is 4.80. The molecular weight excluding hydrogens is 220 g/mol. The standard InChI is InChI=1S/C12H24N2O3/c1-5-8(4)10(12(16)17)14-11(15)9(6-13)7(2)3/h7-10H,5-6,13H2,1-4H3,(H,14,15)(H,16,17)/t8?,9?,10-/m0/s1. The number of aliphatic carboxylic acids is 1. The lowest BCUT2D eigenvalue weighted by Crippen LogP contribution is -2.49. The van der Waals surface area contributed by atoms with E-state index < -0.39 is 12.0 Å². The molecule has 0 aliphatic rings. The minimum Gasteiger partial charge on any atom is -0.480 e. The molecule has 0 rings (SSSR count). The minimum atomic E-state index is -0.993. The Balaban J connectivity index is 4.65. The predicted molar refractivity (Wildman–Crippen MR) is 66.4 cm³/mol. The molecule has 0 aliphatic carbocycles. The number of hydrogen-bond acceptors (Lipinski definition) is 3. The molecule has 0 radical (unpaired) electrons. The summed E-state index contributed by atoms with van der Waals surface area (Å²) in [6.45, 7) is 7.74. The molecule has 0 bridgehead atoms. The van der Waals surface area contributed by atoms with Crippen LogP contribution in [0.25, 0.3) is 0 Å². The van der Waals surface area contributed by atoms with Gasteiger partial charge in [-0.3, -0.25) is 4.79 Å². The zero-order valence-corrected chi connectivity index (χ0v) is 11.1. The fourth-order valence-electron chi connectivity index (χ4n) is 1.63. The maximum absolute atomic E-state index is 11.9. The molecule has 4 N–H and O–H groups in total. The van der Waals surface area contributed by atoms with Crippen LogP contribution in [-0.2, 0) is 9.59 Å². The van der Waals surface area contributed by atoms with Crippen molar-refractivity contribution in [1.82, 2.24) is 5.32 Å². The molecule has 0 saturated carbocycles. The van der Waals surface area contributed by atoms with Crippen LogP contribution in [0, 0.1) is 17.8 Å². The summed E-state index contributed by atoms with van der Waals surface area (Å²) >= 11 is 0. The van der Waals surface area contributed by atoms with Crippen LogP contribution in [0.3, 0.4) is 0 Å². The third-order valence-electron chi connectivity index (χ3n) is 3.17. The second kappa shape index (κ2) is 7.27. The molecule has 0 fully saturated rings. The van der Waals surface area contributed by atoms with Gasteiger partial charge in [0.2, 0.25) is 5.91 Å². The molecule has 0 aromatic rings. The number of carboxylic acid groups (broad SMARTS) is 1. The van der Waals surface area contributed by atoms with Crippen LogP contribution < -0.4 is 11.1 Å². The normalized spacial score (nSPS) is 16.4. The van der Waals surface area contributed by atoms with Gasteiger partial charge < -0.3 is 16.2 Å². The summed E-state index contributed by atoms with van der Waals surface area (Å²) in [7, 11) is 0. The van der Waals surface area contributed by atoms with Gasteiger partial charge in [-0.1, -0.05) is 34.1 Å². The van der Waals surface area contributed by atoms with Gasteiger partial charge in [0.1, 0.15) is 6.04 Å². The van der Waals surface area contributed by atoms with E-state index in [2.05, 4.69) is 5.32 Å². The van der Waals surface area contributed by atoms with Crippen LogP contribution in [0.15, 0.2) is 0 Å². The molecule has 100 valence electrons. The van der Waals surface area contributed by atoms with Crippen molar-refractivity contribution in [2.75, 3.05) is 6.54 Å². The summed E-state index contributed by atoms with van der Waals surface area (Å²) in [5.74, 6) is -1.59. The number of nitrogens with two attached hydrogens (primary N) is 1. The number of hydrogen-bond donors (Lipinski definition) is 3. The molecule has 0 spiro atoms. The lowest BCUT2D eigenvalue weighted by atomic mass is 9.93. The largest absolute Gasteiger partial charge is 0.480 e. The Kier molecular flexibility index (Phi) is 6.80. The maximum atomic E-state index is 11.9. The smallest absolute Gasteiger partial charge is 0.326 e.